The summed E-state index contributed by atoms with van der Waals surface area (Å²) in [7, 11) is 0. The molecule has 0 bridgehead atoms. The number of aliphatic carboxylic acids is 1. The first-order valence-corrected chi connectivity index (χ1v) is 11.1. The molecule has 0 aliphatic carbocycles. The minimum atomic E-state index is -4.31. The maximum Gasteiger partial charge on any atom is 0.395 e. The van der Waals surface area contributed by atoms with Gasteiger partial charge in [-0.05, 0) is 54.0 Å². The normalized spacial score (nSPS) is 16.3. The number of hydrogen-bond acceptors (Lipinski definition) is 4. The molecule has 4 nitrogen and oxygen atoms in total. The minimum Gasteiger partial charge on any atom is -0.480 e. The first-order valence-electron chi connectivity index (χ1n) is 9.92. The van der Waals surface area contributed by atoms with Gasteiger partial charge >= 0.3 is 12.1 Å². The van der Waals surface area contributed by atoms with E-state index in [1.165, 1.54) is 11.8 Å². The van der Waals surface area contributed by atoms with Crippen molar-refractivity contribution in [3.63, 3.8) is 0 Å². The molecule has 2 rings (SSSR count). The topological polar surface area (TPSA) is 75.3 Å². The molecule has 1 heterocycles. The summed E-state index contributed by atoms with van der Waals surface area (Å²) in [5.74, 6) is -1.88. The number of alkyl halides is 3. The monoisotopic (exact) mass is 432 g/mol. The number of hydrogen-bond donors (Lipinski definition) is 3. The van der Waals surface area contributed by atoms with Crippen molar-refractivity contribution in [2.24, 2.45) is 5.73 Å². The van der Waals surface area contributed by atoms with Crippen molar-refractivity contribution in [2.45, 2.75) is 51.2 Å². The van der Waals surface area contributed by atoms with Gasteiger partial charge in [0, 0.05) is 6.54 Å². The Morgan fingerprint density at radius 1 is 1.21 bits per heavy atom. The summed E-state index contributed by atoms with van der Waals surface area (Å²) in [6.45, 7) is 5.66. The van der Waals surface area contributed by atoms with Gasteiger partial charge in [-0.3, -0.25) is 4.79 Å². The van der Waals surface area contributed by atoms with Gasteiger partial charge in [0.2, 0.25) is 0 Å². The van der Waals surface area contributed by atoms with E-state index in [1.807, 2.05) is 13.8 Å². The van der Waals surface area contributed by atoms with Crippen molar-refractivity contribution in [1.82, 2.24) is 5.32 Å². The van der Waals surface area contributed by atoms with Crippen molar-refractivity contribution in [3.05, 3.63) is 41.5 Å². The predicted molar refractivity (Wildman–Crippen MR) is 114 cm³/mol. The highest BCUT2D eigenvalue weighted by atomic mass is 32.2. The summed E-state index contributed by atoms with van der Waals surface area (Å²) in [4.78, 5) is 10.6. The molecule has 4 N–H and O–H groups in total. The lowest BCUT2D eigenvalue weighted by Crippen LogP contribution is -2.30. The van der Waals surface area contributed by atoms with Crippen LogP contribution in [0, 0.1) is 0 Å². The highest BCUT2D eigenvalue weighted by Crippen LogP contribution is 2.38. The molecule has 1 aromatic carbocycles. The molecule has 2 atom stereocenters. The molecular formula is C21H31F3N2O2S. The fraction of sp³-hybridized carbons (Fsp3) is 0.571. The van der Waals surface area contributed by atoms with Crippen LogP contribution >= 0.6 is 11.8 Å². The number of benzene rings is 1. The molecule has 1 aliphatic rings. The molecule has 0 saturated heterocycles. The lowest BCUT2D eigenvalue weighted by molar-refractivity contribution is -0.150. The molecule has 0 aromatic heterocycles. The number of thioether (sulfide) groups is 1. The lowest BCUT2D eigenvalue weighted by Gasteiger charge is -2.21. The second-order valence-corrected chi connectivity index (χ2v) is 7.76. The molecule has 0 saturated carbocycles. The first kappa shape index (κ1) is 25.5. The Hall–Kier alpha value is -1.51. The Bertz CT molecular complexity index is 648. The number of carboxylic acid groups (broad SMARTS) is 1. The van der Waals surface area contributed by atoms with Crippen LogP contribution in [0.2, 0.25) is 0 Å². The lowest BCUT2D eigenvalue weighted by atomic mass is 9.92. The van der Waals surface area contributed by atoms with E-state index in [-0.39, 0.29) is 18.4 Å². The fourth-order valence-electron chi connectivity index (χ4n) is 2.97. The molecule has 29 heavy (non-hydrogen) atoms. The SMILES string of the molecule is CC.NC(CCSCCC(c1ccc(C2=CCNCC2)cc1)C(F)(F)F)C(=O)O. The Morgan fingerprint density at radius 3 is 2.34 bits per heavy atom. The Balaban J connectivity index is 0.00000204. The first-order chi connectivity index (χ1) is 13.8. The molecule has 1 aliphatic heterocycles. The third kappa shape index (κ3) is 8.80. The van der Waals surface area contributed by atoms with E-state index < -0.39 is 24.1 Å². The van der Waals surface area contributed by atoms with Crippen LogP contribution in [0.25, 0.3) is 5.57 Å². The summed E-state index contributed by atoms with van der Waals surface area (Å²) < 4.78 is 40.4. The molecule has 8 heteroatoms. The van der Waals surface area contributed by atoms with Gasteiger partial charge in [-0.2, -0.15) is 24.9 Å². The highest BCUT2D eigenvalue weighted by molar-refractivity contribution is 7.99. The van der Waals surface area contributed by atoms with E-state index in [9.17, 15) is 18.0 Å². The molecule has 164 valence electrons. The summed E-state index contributed by atoms with van der Waals surface area (Å²) in [5, 5.41) is 11.9. The largest absolute Gasteiger partial charge is 0.480 e. The molecule has 2 unspecified atom stereocenters. The van der Waals surface area contributed by atoms with E-state index in [4.69, 9.17) is 10.8 Å². The standard InChI is InChI=1S/C19H25F3N2O2S.C2H6/c20-19(21,22)16(7-11-27-12-8-17(23)18(25)26)15-3-1-13(2-4-15)14-5-9-24-10-6-14;1-2/h1-5,16-17,24H,6-12,23H2,(H,25,26);1-2H3. The molecular weight excluding hydrogens is 401 g/mol. The quantitative estimate of drug-likeness (QED) is 0.495. The summed E-state index contributed by atoms with van der Waals surface area (Å²) >= 11 is 1.30. The summed E-state index contributed by atoms with van der Waals surface area (Å²) in [6, 6.07) is 5.71. The van der Waals surface area contributed by atoms with Gasteiger partial charge in [0.05, 0.1) is 5.92 Å². The summed E-state index contributed by atoms with van der Waals surface area (Å²) in [6.07, 6.45) is -1.17. The number of carboxylic acids is 1. The van der Waals surface area contributed by atoms with Crippen molar-refractivity contribution in [1.29, 1.82) is 0 Å². The Morgan fingerprint density at radius 2 is 1.83 bits per heavy atom. The van der Waals surface area contributed by atoms with Gasteiger partial charge in [-0.15, -0.1) is 0 Å². The maximum absolute atomic E-state index is 13.5. The summed E-state index contributed by atoms with van der Waals surface area (Å²) in [5.41, 5.74) is 7.79. The van der Waals surface area contributed by atoms with E-state index in [1.54, 1.807) is 24.3 Å². The highest BCUT2D eigenvalue weighted by Gasteiger charge is 2.40. The number of carbonyl (C=O) groups is 1. The number of nitrogens with two attached hydrogens (primary N) is 1. The van der Waals surface area contributed by atoms with Crippen LogP contribution in [0.1, 0.15) is 50.2 Å². The van der Waals surface area contributed by atoms with Gasteiger partial charge in [-0.1, -0.05) is 44.2 Å². The third-order valence-electron chi connectivity index (χ3n) is 4.58. The minimum absolute atomic E-state index is 0.0392. The zero-order valence-corrected chi connectivity index (χ0v) is 17.8. The molecule has 0 amide bonds. The van der Waals surface area contributed by atoms with Gasteiger partial charge < -0.3 is 16.2 Å². The fourth-order valence-corrected chi connectivity index (χ4v) is 4.00. The molecule has 0 spiro atoms. The molecule has 0 radical (unpaired) electrons. The smallest absolute Gasteiger partial charge is 0.395 e. The van der Waals surface area contributed by atoms with Crippen molar-refractivity contribution in [2.75, 3.05) is 24.6 Å². The van der Waals surface area contributed by atoms with Crippen LogP contribution in [0.3, 0.4) is 0 Å². The Kier molecular flexibility index (Phi) is 11.4. The zero-order chi connectivity index (χ0) is 21.9. The number of nitrogens with one attached hydrogen (secondary N) is 1. The molecule has 0 fully saturated rings. The van der Waals surface area contributed by atoms with E-state index in [0.717, 1.165) is 30.6 Å². The van der Waals surface area contributed by atoms with Gasteiger partial charge in [0.1, 0.15) is 6.04 Å². The second-order valence-electron chi connectivity index (χ2n) is 6.53. The third-order valence-corrected chi connectivity index (χ3v) is 5.63. The second kappa shape index (κ2) is 12.9. The Labute approximate surface area is 175 Å². The van der Waals surface area contributed by atoms with Crippen LogP contribution in [-0.2, 0) is 4.79 Å². The average molecular weight is 433 g/mol. The zero-order valence-electron chi connectivity index (χ0n) is 17.0. The van der Waals surface area contributed by atoms with Gasteiger partial charge in [0.25, 0.3) is 0 Å². The number of halogens is 3. The van der Waals surface area contributed by atoms with Crippen LogP contribution in [0.4, 0.5) is 13.2 Å². The van der Waals surface area contributed by atoms with E-state index in [2.05, 4.69) is 11.4 Å². The van der Waals surface area contributed by atoms with Gasteiger partial charge in [0.15, 0.2) is 0 Å². The van der Waals surface area contributed by atoms with Crippen LogP contribution in [0.15, 0.2) is 30.3 Å². The van der Waals surface area contributed by atoms with Crippen molar-refractivity contribution in [3.8, 4) is 0 Å². The van der Waals surface area contributed by atoms with E-state index in [0.29, 0.717) is 11.5 Å². The van der Waals surface area contributed by atoms with Gasteiger partial charge in [-0.25, -0.2) is 0 Å². The average Bonchev–Trinajstić information content (AvgIpc) is 2.72. The maximum atomic E-state index is 13.5. The van der Waals surface area contributed by atoms with Crippen LogP contribution < -0.4 is 11.1 Å². The predicted octanol–water partition coefficient (Wildman–Crippen LogP) is 4.66. The molecule has 1 aromatic rings. The number of rotatable bonds is 9. The van der Waals surface area contributed by atoms with Crippen LogP contribution in [-0.4, -0.2) is 47.9 Å². The van der Waals surface area contributed by atoms with Crippen LogP contribution in [0.5, 0.6) is 0 Å². The van der Waals surface area contributed by atoms with E-state index >= 15 is 0 Å². The van der Waals surface area contributed by atoms with Crippen molar-refractivity contribution < 1.29 is 23.1 Å². The van der Waals surface area contributed by atoms with Crippen molar-refractivity contribution >= 4 is 23.3 Å².